The van der Waals surface area contributed by atoms with E-state index in [0.29, 0.717) is 6.04 Å². The molecule has 1 heterocycles. The van der Waals surface area contributed by atoms with E-state index in [1.165, 1.54) is 28.9 Å². The van der Waals surface area contributed by atoms with E-state index in [2.05, 4.69) is 56.0 Å². The van der Waals surface area contributed by atoms with Crippen molar-refractivity contribution in [1.29, 1.82) is 0 Å². The Morgan fingerprint density at radius 3 is 2.94 bits per heavy atom. The first-order valence-corrected chi connectivity index (χ1v) is 7.13. The molecule has 1 N–H and O–H groups in total. The molecule has 2 atom stereocenters. The van der Waals surface area contributed by atoms with Crippen LogP contribution in [0.15, 0.2) is 18.2 Å². The molecule has 1 aromatic carbocycles. The Balaban J connectivity index is 2.10. The van der Waals surface area contributed by atoms with Gasteiger partial charge in [0.05, 0.1) is 0 Å². The minimum Gasteiger partial charge on any atom is -0.312 e. The first-order chi connectivity index (χ1) is 7.68. The summed E-state index contributed by atoms with van der Waals surface area (Å²) in [4.78, 5) is 0. The summed E-state index contributed by atoms with van der Waals surface area (Å²) in [6.07, 6.45) is 1.20. The van der Waals surface area contributed by atoms with E-state index in [-0.39, 0.29) is 0 Å². The van der Waals surface area contributed by atoms with Gasteiger partial charge < -0.3 is 5.32 Å². The lowest BCUT2D eigenvalue weighted by molar-refractivity contribution is 0.528. The smallest absolute Gasteiger partial charge is 0.0239 e. The highest BCUT2D eigenvalue weighted by Gasteiger charge is 2.22. The fourth-order valence-corrected chi connectivity index (χ4v) is 3.48. The van der Waals surface area contributed by atoms with Gasteiger partial charge in [0.25, 0.3) is 0 Å². The maximum absolute atomic E-state index is 3.57. The Hall–Kier alpha value is -0.470. The van der Waals surface area contributed by atoms with Gasteiger partial charge in [-0.05, 0) is 43.9 Å². The van der Waals surface area contributed by atoms with Gasteiger partial charge in [-0.25, -0.2) is 0 Å². The highest BCUT2D eigenvalue weighted by atomic mass is 32.2. The topological polar surface area (TPSA) is 12.0 Å². The highest BCUT2D eigenvalue weighted by molar-refractivity contribution is 8.00. The summed E-state index contributed by atoms with van der Waals surface area (Å²) in [5.41, 5.74) is 4.41. The minimum absolute atomic E-state index is 0.638. The minimum atomic E-state index is 0.638. The second kappa shape index (κ2) is 5.24. The van der Waals surface area contributed by atoms with E-state index in [1.807, 2.05) is 0 Å². The second-order valence-corrected chi connectivity index (χ2v) is 6.06. The Morgan fingerprint density at radius 1 is 1.38 bits per heavy atom. The summed E-state index contributed by atoms with van der Waals surface area (Å²) in [5.74, 6) is 1.25. The molecule has 2 unspecified atom stereocenters. The van der Waals surface area contributed by atoms with Gasteiger partial charge in [0.15, 0.2) is 0 Å². The van der Waals surface area contributed by atoms with Crippen LogP contribution in [0.1, 0.15) is 23.6 Å². The molecule has 0 saturated carbocycles. The number of benzene rings is 1. The SMILES string of the molecule is Cc1cccc(CC2SCCNC2C)c1C. The van der Waals surface area contributed by atoms with Crippen LogP contribution in [0.5, 0.6) is 0 Å². The zero-order chi connectivity index (χ0) is 11.5. The Morgan fingerprint density at radius 2 is 2.19 bits per heavy atom. The Kier molecular flexibility index (Phi) is 3.93. The van der Waals surface area contributed by atoms with Gasteiger partial charge in [-0.3, -0.25) is 0 Å². The summed E-state index contributed by atoms with van der Waals surface area (Å²) in [5, 5.41) is 4.30. The summed E-state index contributed by atoms with van der Waals surface area (Å²) < 4.78 is 0. The van der Waals surface area contributed by atoms with Gasteiger partial charge in [0.2, 0.25) is 0 Å². The summed E-state index contributed by atoms with van der Waals surface area (Å²) in [6, 6.07) is 7.31. The average molecular weight is 235 g/mol. The molecule has 16 heavy (non-hydrogen) atoms. The predicted molar refractivity (Wildman–Crippen MR) is 73.3 cm³/mol. The van der Waals surface area contributed by atoms with Crippen molar-refractivity contribution in [1.82, 2.24) is 5.32 Å². The van der Waals surface area contributed by atoms with E-state index < -0.39 is 0 Å². The van der Waals surface area contributed by atoms with Crippen molar-refractivity contribution < 1.29 is 0 Å². The van der Waals surface area contributed by atoms with Crippen molar-refractivity contribution in [2.75, 3.05) is 12.3 Å². The zero-order valence-corrected chi connectivity index (χ0v) is 11.2. The quantitative estimate of drug-likeness (QED) is 0.846. The van der Waals surface area contributed by atoms with Crippen molar-refractivity contribution >= 4 is 11.8 Å². The largest absolute Gasteiger partial charge is 0.312 e. The van der Waals surface area contributed by atoms with E-state index in [0.717, 1.165) is 11.8 Å². The standard InChI is InChI=1S/C14H21NS/c1-10-5-4-6-13(11(10)2)9-14-12(3)15-7-8-16-14/h4-6,12,14-15H,7-9H2,1-3H3. The van der Waals surface area contributed by atoms with Crippen LogP contribution in [0.3, 0.4) is 0 Å². The molecule has 1 aromatic rings. The van der Waals surface area contributed by atoms with Gasteiger partial charge in [0.1, 0.15) is 0 Å². The lowest BCUT2D eigenvalue weighted by atomic mass is 9.97. The summed E-state index contributed by atoms with van der Waals surface area (Å²) in [6.45, 7) is 7.92. The Labute approximate surface area is 103 Å². The molecule has 0 spiro atoms. The molecule has 0 aromatic heterocycles. The van der Waals surface area contributed by atoms with Crippen molar-refractivity contribution in [2.45, 2.75) is 38.5 Å². The molecular weight excluding hydrogens is 214 g/mol. The third-order valence-corrected chi connectivity index (χ3v) is 5.04. The van der Waals surface area contributed by atoms with Crippen LogP contribution in [-0.2, 0) is 6.42 Å². The predicted octanol–water partition coefficient (Wildman–Crippen LogP) is 2.94. The fourth-order valence-electron chi connectivity index (χ4n) is 2.26. The van der Waals surface area contributed by atoms with Crippen molar-refractivity contribution in [3.05, 3.63) is 34.9 Å². The van der Waals surface area contributed by atoms with Crippen LogP contribution in [0, 0.1) is 13.8 Å². The van der Waals surface area contributed by atoms with E-state index in [4.69, 9.17) is 0 Å². The second-order valence-electron chi connectivity index (χ2n) is 4.72. The molecule has 2 rings (SSSR count). The van der Waals surface area contributed by atoms with Crippen molar-refractivity contribution in [2.24, 2.45) is 0 Å². The van der Waals surface area contributed by atoms with Gasteiger partial charge in [-0.15, -0.1) is 0 Å². The normalized spacial score (nSPS) is 25.7. The van der Waals surface area contributed by atoms with Gasteiger partial charge in [-0.1, -0.05) is 18.2 Å². The average Bonchev–Trinajstić information content (AvgIpc) is 2.28. The lowest BCUT2D eigenvalue weighted by Crippen LogP contribution is -2.42. The zero-order valence-electron chi connectivity index (χ0n) is 10.4. The molecule has 1 aliphatic heterocycles. The number of hydrogen-bond donors (Lipinski definition) is 1. The molecular formula is C14H21NS. The van der Waals surface area contributed by atoms with Gasteiger partial charge >= 0.3 is 0 Å². The van der Waals surface area contributed by atoms with E-state index >= 15 is 0 Å². The third kappa shape index (κ3) is 2.61. The maximum Gasteiger partial charge on any atom is 0.0239 e. The highest BCUT2D eigenvalue weighted by Crippen LogP contribution is 2.25. The third-order valence-electron chi connectivity index (χ3n) is 3.60. The lowest BCUT2D eigenvalue weighted by Gasteiger charge is -2.30. The molecule has 0 amide bonds. The Bertz CT molecular complexity index is 362. The molecule has 0 bridgehead atoms. The number of thioether (sulfide) groups is 1. The summed E-state index contributed by atoms with van der Waals surface area (Å²) in [7, 11) is 0. The fraction of sp³-hybridized carbons (Fsp3) is 0.571. The molecule has 88 valence electrons. The molecule has 1 fully saturated rings. The van der Waals surface area contributed by atoms with E-state index in [1.54, 1.807) is 0 Å². The monoisotopic (exact) mass is 235 g/mol. The van der Waals surface area contributed by atoms with Crippen molar-refractivity contribution in [3.8, 4) is 0 Å². The number of nitrogens with one attached hydrogen (secondary N) is 1. The molecule has 2 heteroatoms. The van der Waals surface area contributed by atoms with Crippen LogP contribution < -0.4 is 5.32 Å². The van der Waals surface area contributed by atoms with Crippen LogP contribution in [-0.4, -0.2) is 23.6 Å². The number of aryl methyl sites for hydroxylation is 1. The molecule has 1 nitrogen and oxygen atoms in total. The molecule has 0 radical (unpaired) electrons. The first kappa shape index (κ1) is 12.0. The van der Waals surface area contributed by atoms with Crippen molar-refractivity contribution in [3.63, 3.8) is 0 Å². The number of rotatable bonds is 2. The van der Waals surface area contributed by atoms with Crippen LogP contribution >= 0.6 is 11.8 Å². The molecule has 1 aliphatic rings. The summed E-state index contributed by atoms with van der Waals surface area (Å²) >= 11 is 2.12. The van der Waals surface area contributed by atoms with Gasteiger partial charge in [0, 0.05) is 23.6 Å². The molecule has 1 saturated heterocycles. The van der Waals surface area contributed by atoms with Crippen LogP contribution in [0.4, 0.5) is 0 Å². The number of hydrogen-bond acceptors (Lipinski definition) is 2. The van der Waals surface area contributed by atoms with Crippen LogP contribution in [0.2, 0.25) is 0 Å². The maximum atomic E-state index is 3.57. The van der Waals surface area contributed by atoms with Gasteiger partial charge in [-0.2, -0.15) is 11.8 Å². The first-order valence-electron chi connectivity index (χ1n) is 6.08. The van der Waals surface area contributed by atoms with Crippen LogP contribution in [0.25, 0.3) is 0 Å². The van der Waals surface area contributed by atoms with E-state index in [9.17, 15) is 0 Å². The molecule has 0 aliphatic carbocycles.